The van der Waals surface area contributed by atoms with Gasteiger partial charge in [0.15, 0.2) is 5.96 Å². The molecule has 7 heteroatoms. The van der Waals surface area contributed by atoms with Crippen molar-refractivity contribution in [2.24, 2.45) is 4.99 Å². The van der Waals surface area contributed by atoms with E-state index in [4.69, 9.17) is 11.6 Å². The van der Waals surface area contributed by atoms with Crippen LogP contribution in [0.2, 0.25) is 5.02 Å². The van der Waals surface area contributed by atoms with Crippen LogP contribution in [-0.4, -0.2) is 75.7 Å². The van der Waals surface area contributed by atoms with Gasteiger partial charge in [0.2, 0.25) is 0 Å². The highest BCUT2D eigenvalue weighted by molar-refractivity contribution is 14.0. The molecule has 0 spiro atoms. The van der Waals surface area contributed by atoms with E-state index in [-0.39, 0.29) is 24.0 Å². The van der Waals surface area contributed by atoms with Gasteiger partial charge in [-0.25, -0.2) is 0 Å². The Morgan fingerprint density at radius 1 is 1.08 bits per heavy atom. The molecule has 0 radical (unpaired) electrons. The second-order valence-electron chi connectivity index (χ2n) is 6.62. The fourth-order valence-electron chi connectivity index (χ4n) is 2.98. The van der Waals surface area contributed by atoms with E-state index in [1.165, 1.54) is 44.7 Å². The number of hydrogen-bond donors (Lipinski definition) is 2. The van der Waals surface area contributed by atoms with Crippen LogP contribution in [0.3, 0.4) is 0 Å². The summed E-state index contributed by atoms with van der Waals surface area (Å²) < 4.78 is 0. The molecule has 1 fully saturated rings. The summed E-state index contributed by atoms with van der Waals surface area (Å²) in [6, 6.07) is 7.99. The molecule has 0 unspecified atom stereocenters. The summed E-state index contributed by atoms with van der Waals surface area (Å²) in [7, 11) is 4.01. The molecule has 0 aliphatic carbocycles. The lowest BCUT2D eigenvalue weighted by atomic mass is 10.1. The van der Waals surface area contributed by atoms with Gasteiger partial charge in [-0.1, -0.05) is 29.8 Å². The first-order valence-electron chi connectivity index (χ1n) is 9.28. The first kappa shape index (κ1) is 23.5. The molecule has 2 rings (SSSR count). The zero-order valence-electron chi connectivity index (χ0n) is 16.0. The second kappa shape index (κ2) is 13.6. The van der Waals surface area contributed by atoms with E-state index in [1.54, 1.807) is 0 Å². The van der Waals surface area contributed by atoms with Crippen LogP contribution >= 0.6 is 35.6 Å². The molecule has 1 aromatic carbocycles. The Hall–Kier alpha value is -0.570. The molecule has 5 nitrogen and oxygen atoms in total. The predicted octanol–water partition coefficient (Wildman–Crippen LogP) is 2.69. The SMILES string of the molecule is CN=C(NCCCCN1CCN(C)CC1)NCCc1ccccc1Cl.I. The highest BCUT2D eigenvalue weighted by Crippen LogP contribution is 2.14. The van der Waals surface area contributed by atoms with Crippen molar-refractivity contribution in [1.82, 2.24) is 20.4 Å². The minimum atomic E-state index is 0. The van der Waals surface area contributed by atoms with Gasteiger partial charge in [-0.3, -0.25) is 4.99 Å². The van der Waals surface area contributed by atoms with Crippen molar-refractivity contribution < 1.29 is 0 Å². The van der Waals surface area contributed by atoms with E-state index in [0.717, 1.165) is 36.9 Å². The fraction of sp³-hybridized carbons (Fsp3) is 0.632. The summed E-state index contributed by atoms with van der Waals surface area (Å²) >= 11 is 6.18. The predicted molar refractivity (Wildman–Crippen MR) is 123 cm³/mol. The van der Waals surface area contributed by atoms with Gasteiger partial charge in [0, 0.05) is 51.3 Å². The number of piperazine rings is 1. The Morgan fingerprint density at radius 3 is 2.46 bits per heavy atom. The maximum absolute atomic E-state index is 6.18. The number of aliphatic imine (C=N–C) groups is 1. The Kier molecular flexibility index (Phi) is 12.3. The number of guanidine groups is 1. The molecule has 0 aromatic heterocycles. The lowest BCUT2D eigenvalue weighted by molar-refractivity contribution is 0.152. The number of hydrogen-bond acceptors (Lipinski definition) is 3. The molecular formula is C19H33ClIN5. The number of unbranched alkanes of at least 4 members (excludes halogenated alkanes) is 1. The van der Waals surface area contributed by atoms with Crippen molar-refractivity contribution >= 4 is 41.5 Å². The van der Waals surface area contributed by atoms with Gasteiger partial charge in [-0.2, -0.15) is 0 Å². The average molecular weight is 494 g/mol. The van der Waals surface area contributed by atoms with Gasteiger partial charge < -0.3 is 20.4 Å². The Morgan fingerprint density at radius 2 is 1.77 bits per heavy atom. The van der Waals surface area contributed by atoms with Crippen LogP contribution in [0.1, 0.15) is 18.4 Å². The van der Waals surface area contributed by atoms with E-state index < -0.39 is 0 Å². The summed E-state index contributed by atoms with van der Waals surface area (Å²) in [6.07, 6.45) is 3.29. The molecule has 0 amide bonds. The molecule has 1 heterocycles. The third kappa shape index (κ3) is 8.88. The first-order valence-corrected chi connectivity index (χ1v) is 9.65. The summed E-state index contributed by atoms with van der Waals surface area (Å²) in [5, 5.41) is 7.58. The van der Waals surface area contributed by atoms with Crippen molar-refractivity contribution in [3.8, 4) is 0 Å². The maximum Gasteiger partial charge on any atom is 0.190 e. The zero-order chi connectivity index (χ0) is 17.9. The summed E-state index contributed by atoms with van der Waals surface area (Å²) in [6.45, 7) is 7.78. The molecule has 1 aliphatic heterocycles. The third-order valence-electron chi connectivity index (χ3n) is 4.66. The number of nitrogens with one attached hydrogen (secondary N) is 2. The number of halogens is 2. The number of likely N-dealkylation sites (N-methyl/N-ethyl adjacent to an activating group) is 1. The largest absolute Gasteiger partial charge is 0.356 e. The molecule has 2 N–H and O–H groups in total. The van der Waals surface area contributed by atoms with Crippen LogP contribution in [0.15, 0.2) is 29.3 Å². The van der Waals surface area contributed by atoms with Gasteiger partial charge in [0.25, 0.3) is 0 Å². The number of nitrogens with zero attached hydrogens (tertiary/aromatic N) is 3. The zero-order valence-corrected chi connectivity index (χ0v) is 19.1. The van der Waals surface area contributed by atoms with Crippen LogP contribution in [-0.2, 0) is 6.42 Å². The third-order valence-corrected chi connectivity index (χ3v) is 5.03. The fourth-order valence-corrected chi connectivity index (χ4v) is 3.21. The average Bonchev–Trinajstić information content (AvgIpc) is 2.63. The molecule has 0 atom stereocenters. The Balaban J connectivity index is 0.00000338. The van der Waals surface area contributed by atoms with Crippen molar-refractivity contribution in [1.29, 1.82) is 0 Å². The first-order chi connectivity index (χ1) is 12.2. The number of rotatable bonds is 8. The van der Waals surface area contributed by atoms with E-state index in [1.807, 2.05) is 25.2 Å². The smallest absolute Gasteiger partial charge is 0.190 e. The van der Waals surface area contributed by atoms with Crippen LogP contribution < -0.4 is 10.6 Å². The van der Waals surface area contributed by atoms with Gasteiger partial charge in [0.1, 0.15) is 0 Å². The van der Waals surface area contributed by atoms with Crippen molar-refractivity contribution in [2.45, 2.75) is 19.3 Å². The molecular weight excluding hydrogens is 461 g/mol. The summed E-state index contributed by atoms with van der Waals surface area (Å²) in [5.41, 5.74) is 1.17. The highest BCUT2D eigenvalue weighted by atomic mass is 127. The molecule has 148 valence electrons. The normalized spacial score (nSPS) is 16.2. The van der Waals surface area contributed by atoms with Gasteiger partial charge in [-0.05, 0) is 44.5 Å². The van der Waals surface area contributed by atoms with Crippen molar-refractivity contribution in [3.05, 3.63) is 34.9 Å². The second-order valence-corrected chi connectivity index (χ2v) is 7.03. The Labute approximate surface area is 180 Å². The monoisotopic (exact) mass is 493 g/mol. The minimum absolute atomic E-state index is 0. The van der Waals surface area contributed by atoms with E-state index >= 15 is 0 Å². The molecule has 1 aliphatic rings. The van der Waals surface area contributed by atoms with Crippen LogP contribution in [0.4, 0.5) is 0 Å². The molecule has 1 saturated heterocycles. The Bertz CT molecular complexity index is 532. The lowest BCUT2D eigenvalue weighted by Crippen LogP contribution is -2.44. The lowest BCUT2D eigenvalue weighted by Gasteiger charge is -2.32. The summed E-state index contributed by atoms with van der Waals surface area (Å²) in [4.78, 5) is 9.25. The van der Waals surface area contributed by atoms with Crippen molar-refractivity contribution in [2.75, 3.05) is 59.9 Å². The molecule has 0 bridgehead atoms. The van der Waals surface area contributed by atoms with Gasteiger partial charge in [-0.15, -0.1) is 24.0 Å². The van der Waals surface area contributed by atoms with E-state index in [0.29, 0.717) is 0 Å². The van der Waals surface area contributed by atoms with Crippen LogP contribution in [0.25, 0.3) is 0 Å². The minimum Gasteiger partial charge on any atom is -0.356 e. The molecule has 0 saturated carbocycles. The molecule has 1 aromatic rings. The summed E-state index contributed by atoms with van der Waals surface area (Å²) in [5.74, 6) is 0.867. The van der Waals surface area contributed by atoms with Crippen LogP contribution in [0.5, 0.6) is 0 Å². The van der Waals surface area contributed by atoms with Crippen LogP contribution in [0, 0.1) is 0 Å². The number of benzene rings is 1. The maximum atomic E-state index is 6.18. The quantitative estimate of drug-likeness (QED) is 0.253. The van der Waals surface area contributed by atoms with Gasteiger partial charge in [0.05, 0.1) is 0 Å². The van der Waals surface area contributed by atoms with E-state index in [9.17, 15) is 0 Å². The highest BCUT2D eigenvalue weighted by Gasteiger charge is 2.12. The topological polar surface area (TPSA) is 42.9 Å². The van der Waals surface area contributed by atoms with Gasteiger partial charge >= 0.3 is 0 Å². The van der Waals surface area contributed by atoms with E-state index in [2.05, 4.69) is 38.5 Å². The standard InChI is InChI=1S/C19H32ClN5.HI/c1-21-19(23-11-9-17-7-3-4-8-18(17)20)22-10-5-6-12-25-15-13-24(2)14-16-25;/h3-4,7-8H,5-6,9-16H2,1-2H3,(H2,21,22,23);1H. The van der Waals surface area contributed by atoms with Crippen molar-refractivity contribution in [3.63, 3.8) is 0 Å². The molecule has 26 heavy (non-hydrogen) atoms.